The zero-order chi connectivity index (χ0) is 30.3. The predicted molar refractivity (Wildman–Crippen MR) is 169 cm³/mol. The molecule has 0 bridgehead atoms. The summed E-state index contributed by atoms with van der Waals surface area (Å²) >= 11 is 6.14. The zero-order valence-corrected chi connectivity index (χ0v) is 26.1. The molecule has 0 aliphatic heterocycles. The van der Waals surface area contributed by atoms with Gasteiger partial charge in [0.15, 0.2) is 0 Å². The quantitative estimate of drug-likeness (QED) is 0.297. The lowest BCUT2D eigenvalue weighted by molar-refractivity contribution is -0.140. The second-order valence-electron chi connectivity index (χ2n) is 11.3. The van der Waals surface area contributed by atoms with E-state index in [9.17, 15) is 18.0 Å². The van der Waals surface area contributed by atoms with E-state index in [1.807, 2.05) is 61.5 Å². The Balaban J connectivity index is 1.73. The number of nitrogens with one attached hydrogen (secondary N) is 1. The van der Waals surface area contributed by atoms with E-state index in [1.165, 1.54) is 0 Å². The van der Waals surface area contributed by atoms with Crippen LogP contribution in [0.3, 0.4) is 0 Å². The fourth-order valence-corrected chi connectivity index (χ4v) is 6.62. The molecule has 0 heterocycles. The van der Waals surface area contributed by atoms with E-state index in [2.05, 4.69) is 5.32 Å². The van der Waals surface area contributed by atoms with E-state index in [-0.39, 0.29) is 18.5 Å². The molecule has 0 spiro atoms. The first-order valence-electron chi connectivity index (χ1n) is 14.4. The Kier molecular flexibility index (Phi) is 10.7. The van der Waals surface area contributed by atoms with Crippen LogP contribution < -0.4 is 9.62 Å². The number of anilines is 1. The summed E-state index contributed by atoms with van der Waals surface area (Å²) in [5.41, 5.74) is 3.84. The van der Waals surface area contributed by atoms with Crippen LogP contribution in [0.5, 0.6) is 0 Å². The summed E-state index contributed by atoms with van der Waals surface area (Å²) in [7, 11) is -3.85. The topological polar surface area (TPSA) is 86.8 Å². The largest absolute Gasteiger partial charge is 0.352 e. The van der Waals surface area contributed by atoms with Crippen LogP contribution in [0.25, 0.3) is 0 Å². The van der Waals surface area contributed by atoms with Gasteiger partial charge in [-0.3, -0.25) is 13.9 Å². The van der Waals surface area contributed by atoms with Crippen molar-refractivity contribution in [3.63, 3.8) is 0 Å². The second-order valence-corrected chi connectivity index (χ2v) is 13.6. The molecule has 9 heteroatoms. The first-order chi connectivity index (χ1) is 20.0. The molecule has 0 saturated heterocycles. The number of sulfonamides is 1. The lowest BCUT2D eigenvalue weighted by Gasteiger charge is -2.35. The molecule has 1 N–H and O–H groups in total. The van der Waals surface area contributed by atoms with Crippen molar-refractivity contribution in [2.45, 2.75) is 71.0 Å². The van der Waals surface area contributed by atoms with Crippen LogP contribution in [0.1, 0.15) is 54.4 Å². The minimum atomic E-state index is -3.85. The Labute approximate surface area is 254 Å². The number of carbonyl (C=O) groups is 2. The van der Waals surface area contributed by atoms with Crippen molar-refractivity contribution in [1.82, 2.24) is 10.2 Å². The van der Waals surface area contributed by atoms with Crippen LogP contribution in [0, 0.1) is 13.8 Å². The van der Waals surface area contributed by atoms with Gasteiger partial charge in [-0.15, -0.1) is 0 Å². The van der Waals surface area contributed by atoms with Gasteiger partial charge in [0.1, 0.15) is 12.6 Å². The van der Waals surface area contributed by atoms with Gasteiger partial charge < -0.3 is 10.2 Å². The van der Waals surface area contributed by atoms with Gasteiger partial charge in [0.25, 0.3) is 0 Å². The van der Waals surface area contributed by atoms with E-state index >= 15 is 0 Å². The first-order valence-corrected chi connectivity index (χ1v) is 16.7. The molecule has 4 rings (SSSR count). The van der Waals surface area contributed by atoms with Crippen molar-refractivity contribution in [3.05, 3.63) is 100 Å². The summed E-state index contributed by atoms with van der Waals surface area (Å²) in [5.74, 6) is -0.685. The Morgan fingerprint density at radius 3 is 2.21 bits per heavy atom. The van der Waals surface area contributed by atoms with Crippen molar-refractivity contribution in [3.8, 4) is 0 Å². The number of halogens is 1. The number of hydrogen-bond acceptors (Lipinski definition) is 4. The summed E-state index contributed by atoms with van der Waals surface area (Å²) in [6, 6.07) is 21.5. The van der Waals surface area contributed by atoms with E-state index < -0.39 is 28.5 Å². The minimum Gasteiger partial charge on any atom is -0.352 e. The molecule has 0 aromatic heterocycles. The first kappa shape index (κ1) is 31.6. The highest BCUT2D eigenvalue weighted by Crippen LogP contribution is 2.27. The fraction of sp³-hybridized carbons (Fsp3) is 0.394. The summed E-state index contributed by atoms with van der Waals surface area (Å²) in [4.78, 5) is 29.8. The maximum Gasteiger partial charge on any atom is 0.244 e. The van der Waals surface area contributed by atoms with Gasteiger partial charge in [0.05, 0.1) is 11.9 Å². The lowest BCUT2D eigenvalue weighted by atomic mass is 9.94. The molecule has 0 radical (unpaired) electrons. The van der Waals surface area contributed by atoms with Crippen molar-refractivity contribution in [1.29, 1.82) is 0 Å². The lowest BCUT2D eigenvalue weighted by Crippen LogP contribution is -2.55. The second kappa shape index (κ2) is 14.2. The third kappa shape index (κ3) is 8.58. The normalized spacial score (nSPS) is 14.7. The Bertz CT molecular complexity index is 1470. The highest BCUT2D eigenvalue weighted by molar-refractivity contribution is 7.92. The van der Waals surface area contributed by atoms with Gasteiger partial charge in [-0.2, -0.15) is 0 Å². The van der Waals surface area contributed by atoms with E-state index in [1.54, 1.807) is 30.0 Å². The average Bonchev–Trinajstić information content (AvgIpc) is 2.95. The number of nitrogens with zero attached hydrogens (tertiary/aromatic N) is 2. The SMILES string of the molecule is Cc1ccc(CN(C(=O)CN(c2ccc(Cl)cc2C)S(C)(=O)=O)[C@@H](Cc2ccccc2)C(=O)NC2CCCCC2)cc1. The van der Waals surface area contributed by atoms with Gasteiger partial charge >= 0.3 is 0 Å². The smallest absolute Gasteiger partial charge is 0.244 e. The molecule has 1 aliphatic carbocycles. The third-order valence-electron chi connectivity index (χ3n) is 7.80. The molecule has 1 saturated carbocycles. The summed E-state index contributed by atoms with van der Waals surface area (Å²) in [6.45, 7) is 3.45. The number of hydrogen-bond donors (Lipinski definition) is 1. The maximum atomic E-state index is 14.3. The average molecular weight is 610 g/mol. The summed E-state index contributed by atoms with van der Waals surface area (Å²) in [6.07, 6.45) is 6.48. The maximum absolute atomic E-state index is 14.3. The van der Waals surface area contributed by atoms with Crippen molar-refractivity contribution in [2.24, 2.45) is 0 Å². The molecule has 1 fully saturated rings. The Morgan fingerprint density at radius 1 is 0.929 bits per heavy atom. The van der Waals surface area contributed by atoms with Crippen molar-refractivity contribution < 1.29 is 18.0 Å². The summed E-state index contributed by atoms with van der Waals surface area (Å²) < 4.78 is 27.1. The molecule has 7 nitrogen and oxygen atoms in total. The Morgan fingerprint density at radius 2 is 1.60 bits per heavy atom. The molecular formula is C33H40ClN3O4S. The van der Waals surface area contributed by atoms with Crippen LogP contribution in [0.2, 0.25) is 5.02 Å². The number of aryl methyl sites for hydroxylation is 2. The molecule has 3 aromatic carbocycles. The van der Waals surface area contributed by atoms with Crippen LogP contribution >= 0.6 is 11.6 Å². The fourth-order valence-electron chi connectivity index (χ4n) is 5.48. The van der Waals surface area contributed by atoms with Crippen molar-refractivity contribution >= 4 is 39.1 Å². The van der Waals surface area contributed by atoms with Crippen LogP contribution in [0.4, 0.5) is 5.69 Å². The molecule has 2 amide bonds. The summed E-state index contributed by atoms with van der Waals surface area (Å²) in [5, 5.41) is 3.69. The Hall–Kier alpha value is -3.36. The van der Waals surface area contributed by atoms with Gasteiger partial charge in [0, 0.05) is 24.0 Å². The van der Waals surface area contributed by atoms with E-state index in [0.29, 0.717) is 22.7 Å². The molecule has 42 heavy (non-hydrogen) atoms. The number of carbonyl (C=O) groups excluding carboxylic acids is 2. The minimum absolute atomic E-state index is 0.0603. The van der Waals surface area contributed by atoms with Gasteiger partial charge in [0.2, 0.25) is 21.8 Å². The van der Waals surface area contributed by atoms with Crippen molar-refractivity contribution in [2.75, 3.05) is 17.1 Å². The van der Waals surface area contributed by atoms with Gasteiger partial charge in [-0.1, -0.05) is 91.0 Å². The van der Waals surface area contributed by atoms with Crippen LogP contribution in [-0.4, -0.2) is 50.0 Å². The predicted octanol–water partition coefficient (Wildman–Crippen LogP) is 5.81. The van der Waals surface area contributed by atoms with Crippen LogP contribution in [-0.2, 0) is 32.6 Å². The molecule has 1 atom stereocenters. The molecular weight excluding hydrogens is 570 g/mol. The standard InChI is InChI=1S/C33H40ClN3O4S/c1-24-14-16-27(17-15-24)22-36(32(38)23-37(42(3,40)41)30-19-18-28(34)20-25(30)2)31(21-26-10-6-4-7-11-26)33(39)35-29-12-8-5-9-13-29/h4,6-7,10-11,14-20,29,31H,5,8-9,12-13,21-23H2,1-3H3,(H,35,39)/t31-/m0/s1. The van der Waals surface area contributed by atoms with Gasteiger partial charge in [-0.05, 0) is 61.6 Å². The number of benzene rings is 3. The number of rotatable bonds is 11. The van der Waals surface area contributed by atoms with Crippen LogP contribution in [0.15, 0.2) is 72.8 Å². The monoisotopic (exact) mass is 609 g/mol. The van der Waals surface area contributed by atoms with E-state index in [0.717, 1.165) is 59.4 Å². The third-order valence-corrected chi connectivity index (χ3v) is 9.16. The van der Waals surface area contributed by atoms with E-state index in [4.69, 9.17) is 11.6 Å². The molecule has 224 valence electrons. The molecule has 3 aromatic rings. The zero-order valence-electron chi connectivity index (χ0n) is 24.6. The molecule has 0 unspecified atom stereocenters. The highest BCUT2D eigenvalue weighted by atomic mass is 35.5. The number of amides is 2. The van der Waals surface area contributed by atoms with Gasteiger partial charge in [-0.25, -0.2) is 8.42 Å². The highest BCUT2D eigenvalue weighted by Gasteiger charge is 2.34. The molecule has 1 aliphatic rings.